The Bertz CT molecular complexity index is 817. The molecule has 1 aliphatic heterocycles. The first-order valence-corrected chi connectivity index (χ1v) is 9.38. The maximum absolute atomic E-state index is 12.7. The molecule has 3 heterocycles. The minimum absolute atomic E-state index is 0.0946. The van der Waals surface area contributed by atoms with E-state index in [0.29, 0.717) is 32.0 Å². The molecule has 0 aromatic carbocycles. The summed E-state index contributed by atoms with van der Waals surface area (Å²) in [5, 5.41) is 2.83. The van der Waals surface area contributed by atoms with Gasteiger partial charge in [0.2, 0.25) is 5.91 Å². The van der Waals surface area contributed by atoms with Gasteiger partial charge in [-0.15, -0.1) is 11.3 Å². The van der Waals surface area contributed by atoms with E-state index < -0.39 is 11.7 Å². The molecule has 0 unspecified atom stereocenters. The van der Waals surface area contributed by atoms with Crippen LogP contribution in [0.3, 0.4) is 0 Å². The van der Waals surface area contributed by atoms with Crippen LogP contribution < -0.4 is 4.90 Å². The van der Waals surface area contributed by atoms with Gasteiger partial charge in [0.1, 0.15) is 5.82 Å². The minimum atomic E-state index is -4.39. The molecular formula is C18H19F3N4OS. The van der Waals surface area contributed by atoms with Crippen LogP contribution in [0.25, 0.3) is 6.08 Å². The highest BCUT2D eigenvalue weighted by molar-refractivity contribution is 7.09. The number of nitrogens with zero attached hydrogens (tertiary/aromatic N) is 4. The van der Waals surface area contributed by atoms with Gasteiger partial charge in [-0.2, -0.15) is 13.2 Å². The molecule has 0 radical (unpaired) electrons. The molecular weight excluding hydrogens is 377 g/mol. The van der Waals surface area contributed by atoms with Crippen LogP contribution in [-0.4, -0.2) is 47.0 Å². The van der Waals surface area contributed by atoms with Gasteiger partial charge in [-0.1, -0.05) is 0 Å². The Kier molecular flexibility index (Phi) is 5.79. The van der Waals surface area contributed by atoms with Crippen LogP contribution >= 0.6 is 11.3 Å². The lowest BCUT2D eigenvalue weighted by molar-refractivity contribution is -0.137. The Hall–Kier alpha value is -2.42. The van der Waals surface area contributed by atoms with Crippen molar-refractivity contribution < 1.29 is 18.0 Å². The summed E-state index contributed by atoms with van der Waals surface area (Å²) in [6.45, 7) is 4.14. The second-order valence-electron chi connectivity index (χ2n) is 6.19. The fourth-order valence-electron chi connectivity index (χ4n) is 2.83. The molecule has 0 saturated carbocycles. The molecule has 27 heavy (non-hydrogen) atoms. The summed E-state index contributed by atoms with van der Waals surface area (Å²) in [4.78, 5) is 24.3. The van der Waals surface area contributed by atoms with Crippen molar-refractivity contribution in [2.45, 2.75) is 19.5 Å². The lowest BCUT2D eigenvalue weighted by Crippen LogP contribution is -2.34. The topological polar surface area (TPSA) is 49.3 Å². The quantitative estimate of drug-likeness (QED) is 0.744. The van der Waals surface area contributed by atoms with Gasteiger partial charge in [0.15, 0.2) is 0 Å². The summed E-state index contributed by atoms with van der Waals surface area (Å²) in [6, 6.07) is 2.42. The van der Waals surface area contributed by atoms with E-state index in [1.165, 1.54) is 23.5 Å². The Balaban J connectivity index is 1.60. The summed E-state index contributed by atoms with van der Waals surface area (Å²) in [5.74, 6) is 0.397. The molecule has 2 aromatic rings. The first kappa shape index (κ1) is 19.3. The van der Waals surface area contributed by atoms with Crippen LogP contribution in [-0.2, 0) is 11.0 Å². The van der Waals surface area contributed by atoms with Crippen molar-refractivity contribution in [3.05, 3.63) is 46.1 Å². The molecule has 9 heteroatoms. The van der Waals surface area contributed by atoms with Crippen molar-refractivity contribution in [3.8, 4) is 0 Å². The summed E-state index contributed by atoms with van der Waals surface area (Å²) in [7, 11) is 0. The van der Waals surface area contributed by atoms with Crippen LogP contribution in [0.4, 0.5) is 19.0 Å². The maximum Gasteiger partial charge on any atom is 0.417 e. The van der Waals surface area contributed by atoms with Gasteiger partial charge < -0.3 is 9.80 Å². The highest BCUT2D eigenvalue weighted by atomic mass is 32.1. The minimum Gasteiger partial charge on any atom is -0.355 e. The molecule has 2 aromatic heterocycles. The number of amides is 1. The highest BCUT2D eigenvalue weighted by Gasteiger charge is 2.31. The van der Waals surface area contributed by atoms with Crippen molar-refractivity contribution in [1.29, 1.82) is 0 Å². The number of aromatic nitrogens is 2. The Labute approximate surface area is 159 Å². The Morgan fingerprint density at radius 2 is 2.04 bits per heavy atom. The van der Waals surface area contributed by atoms with Crippen molar-refractivity contribution in [3.63, 3.8) is 0 Å². The highest BCUT2D eigenvalue weighted by Crippen LogP contribution is 2.29. The first-order valence-electron chi connectivity index (χ1n) is 8.50. The van der Waals surface area contributed by atoms with Gasteiger partial charge >= 0.3 is 6.18 Å². The van der Waals surface area contributed by atoms with E-state index in [-0.39, 0.29) is 5.91 Å². The van der Waals surface area contributed by atoms with Crippen LogP contribution in [0.1, 0.15) is 22.7 Å². The molecule has 0 N–H and O–H groups in total. The van der Waals surface area contributed by atoms with Crippen LogP contribution in [0.2, 0.25) is 0 Å². The number of hydrogen-bond donors (Lipinski definition) is 0. The number of aryl methyl sites for hydroxylation is 1. The zero-order valence-electron chi connectivity index (χ0n) is 14.7. The fourth-order valence-corrected chi connectivity index (χ4v) is 3.41. The van der Waals surface area contributed by atoms with Crippen molar-refractivity contribution in [2.75, 3.05) is 31.1 Å². The molecule has 144 valence electrons. The Morgan fingerprint density at radius 1 is 1.22 bits per heavy atom. The van der Waals surface area contributed by atoms with Crippen LogP contribution in [0.15, 0.2) is 29.8 Å². The normalized spacial score (nSPS) is 16.0. The summed E-state index contributed by atoms with van der Waals surface area (Å²) in [5.41, 5.74) is -0.00320. The molecule has 0 atom stereocenters. The van der Waals surface area contributed by atoms with E-state index in [0.717, 1.165) is 29.4 Å². The van der Waals surface area contributed by atoms with E-state index in [4.69, 9.17) is 0 Å². The number of hydrogen-bond acceptors (Lipinski definition) is 5. The van der Waals surface area contributed by atoms with E-state index in [2.05, 4.69) is 9.97 Å². The lowest BCUT2D eigenvalue weighted by Gasteiger charge is -2.22. The van der Waals surface area contributed by atoms with Gasteiger partial charge in [-0.3, -0.25) is 4.79 Å². The standard InChI is InChI=1S/C18H19F3N4OS/c1-13-23-15(12-27-13)4-6-17(26)25-8-2-7-24(9-10-25)16-5-3-14(11-22-16)18(19,20)21/h3-6,11-12H,2,7-10H2,1H3/b6-4+. The van der Waals surface area contributed by atoms with Crippen molar-refractivity contribution in [2.24, 2.45) is 0 Å². The van der Waals surface area contributed by atoms with E-state index in [1.54, 1.807) is 11.0 Å². The number of thiazole rings is 1. The molecule has 0 spiro atoms. The maximum atomic E-state index is 12.7. The second kappa shape index (κ2) is 8.08. The van der Waals surface area contributed by atoms with Gasteiger partial charge in [-0.05, 0) is 31.6 Å². The first-order chi connectivity index (χ1) is 12.8. The average Bonchev–Trinajstić information content (AvgIpc) is 2.90. The molecule has 1 fully saturated rings. The van der Waals surface area contributed by atoms with Crippen molar-refractivity contribution in [1.82, 2.24) is 14.9 Å². The average molecular weight is 396 g/mol. The van der Waals surface area contributed by atoms with Gasteiger partial charge in [0, 0.05) is 43.8 Å². The third-order valence-electron chi connectivity index (χ3n) is 4.24. The number of carbonyl (C=O) groups is 1. The molecule has 1 amide bonds. The third-order valence-corrected chi connectivity index (χ3v) is 5.03. The van der Waals surface area contributed by atoms with E-state index in [9.17, 15) is 18.0 Å². The monoisotopic (exact) mass is 396 g/mol. The number of rotatable bonds is 3. The van der Waals surface area contributed by atoms with Crippen LogP contribution in [0.5, 0.6) is 0 Å². The Morgan fingerprint density at radius 3 is 2.67 bits per heavy atom. The number of halogens is 3. The summed E-state index contributed by atoms with van der Waals surface area (Å²) >= 11 is 1.52. The number of anilines is 1. The van der Waals surface area contributed by atoms with Crippen molar-refractivity contribution >= 4 is 29.1 Å². The molecule has 0 aliphatic carbocycles. The van der Waals surface area contributed by atoms with E-state index >= 15 is 0 Å². The summed E-state index contributed by atoms with van der Waals surface area (Å²) in [6.07, 6.45) is 0.391. The number of carbonyl (C=O) groups excluding carboxylic acids is 1. The predicted molar refractivity (Wildman–Crippen MR) is 98.5 cm³/mol. The van der Waals surface area contributed by atoms with Crippen LogP contribution in [0, 0.1) is 6.92 Å². The molecule has 0 bridgehead atoms. The summed E-state index contributed by atoms with van der Waals surface area (Å²) < 4.78 is 38.0. The number of pyridine rings is 1. The fraction of sp³-hybridized carbons (Fsp3) is 0.389. The van der Waals surface area contributed by atoms with Gasteiger partial charge in [0.05, 0.1) is 16.3 Å². The zero-order chi connectivity index (χ0) is 19.4. The smallest absolute Gasteiger partial charge is 0.355 e. The zero-order valence-corrected chi connectivity index (χ0v) is 15.6. The number of alkyl halides is 3. The SMILES string of the molecule is Cc1nc(/C=C/C(=O)N2CCCN(c3ccc(C(F)(F)F)cn3)CC2)cs1. The molecule has 3 rings (SSSR count). The third kappa shape index (κ3) is 5.06. The van der Waals surface area contributed by atoms with Gasteiger partial charge in [0.25, 0.3) is 0 Å². The largest absolute Gasteiger partial charge is 0.417 e. The second-order valence-corrected chi connectivity index (χ2v) is 7.26. The molecule has 1 saturated heterocycles. The van der Waals surface area contributed by atoms with E-state index in [1.807, 2.05) is 17.2 Å². The molecule has 1 aliphatic rings. The lowest BCUT2D eigenvalue weighted by atomic mass is 10.2. The van der Waals surface area contributed by atoms with Gasteiger partial charge in [-0.25, -0.2) is 9.97 Å². The predicted octanol–water partition coefficient (Wildman–Crippen LogP) is 3.62. The molecule has 5 nitrogen and oxygen atoms in total.